The molecule has 0 saturated carbocycles. The van der Waals surface area contributed by atoms with Crippen LogP contribution in [-0.2, 0) is 9.59 Å². The molecule has 8 nitrogen and oxygen atoms in total. The number of nitrogens with zero attached hydrogens (tertiary/aromatic N) is 2. The van der Waals surface area contributed by atoms with E-state index in [0.29, 0.717) is 30.2 Å². The predicted octanol–water partition coefficient (Wildman–Crippen LogP) is 3.32. The van der Waals surface area contributed by atoms with Gasteiger partial charge in [-0.15, -0.1) is 0 Å². The second kappa shape index (κ2) is 10.4. The SMILES string of the molecule is Cc1cc(N)c2c(OCC3CCCCN3C(=O)c3cccc(O)c3)cccc2n1.O=C=O. The molecule has 32 heavy (non-hydrogen) atoms. The first kappa shape index (κ1) is 22.8. The average molecular weight is 435 g/mol. The van der Waals surface area contributed by atoms with Crippen molar-refractivity contribution in [3.8, 4) is 11.5 Å². The molecular formula is C24H25N3O5. The number of nitrogens with two attached hydrogens (primary N) is 1. The van der Waals surface area contributed by atoms with Gasteiger partial charge < -0.3 is 20.5 Å². The summed E-state index contributed by atoms with van der Waals surface area (Å²) in [6, 6.07) is 14.0. The van der Waals surface area contributed by atoms with E-state index in [2.05, 4.69) is 4.98 Å². The molecule has 0 bridgehead atoms. The Morgan fingerprint density at radius 1 is 1.22 bits per heavy atom. The van der Waals surface area contributed by atoms with Crippen LogP contribution in [-0.4, -0.2) is 46.2 Å². The summed E-state index contributed by atoms with van der Waals surface area (Å²) in [5.74, 6) is 0.696. The molecule has 1 fully saturated rings. The van der Waals surface area contributed by atoms with Crippen LogP contribution in [0.1, 0.15) is 35.3 Å². The number of piperidine rings is 1. The average Bonchev–Trinajstić information content (AvgIpc) is 2.77. The molecule has 3 N–H and O–H groups in total. The highest BCUT2D eigenvalue weighted by Crippen LogP contribution is 2.31. The zero-order valence-corrected chi connectivity index (χ0v) is 17.8. The highest BCUT2D eigenvalue weighted by Gasteiger charge is 2.28. The number of fused-ring (bicyclic) bond motifs is 1. The summed E-state index contributed by atoms with van der Waals surface area (Å²) in [5, 5.41) is 10.5. The topological polar surface area (TPSA) is 123 Å². The van der Waals surface area contributed by atoms with Gasteiger partial charge in [-0.25, -0.2) is 0 Å². The number of aromatic hydroxyl groups is 1. The smallest absolute Gasteiger partial charge is 0.373 e. The fourth-order valence-corrected chi connectivity index (χ4v) is 3.97. The minimum atomic E-state index is -0.0797. The maximum atomic E-state index is 13.0. The van der Waals surface area contributed by atoms with Crippen LogP contribution in [0.3, 0.4) is 0 Å². The van der Waals surface area contributed by atoms with Gasteiger partial charge in [0, 0.05) is 23.5 Å². The Labute approximate surface area is 185 Å². The molecule has 1 aliphatic heterocycles. The number of benzene rings is 2. The molecule has 2 aromatic carbocycles. The number of carbonyl (C=O) groups is 1. The second-order valence-corrected chi connectivity index (χ2v) is 7.60. The summed E-state index contributed by atoms with van der Waals surface area (Å²) >= 11 is 0. The van der Waals surface area contributed by atoms with Gasteiger partial charge in [-0.05, 0) is 62.6 Å². The highest BCUT2D eigenvalue weighted by atomic mass is 16.5. The number of hydrogen-bond donors (Lipinski definition) is 2. The Balaban J connectivity index is 0.000000913. The number of phenols is 1. The molecule has 0 radical (unpaired) electrons. The molecule has 4 rings (SSSR count). The van der Waals surface area contributed by atoms with E-state index < -0.39 is 0 Å². The van der Waals surface area contributed by atoms with E-state index in [1.807, 2.05) is 36.1 Å². The summed E-state index contributed by atoms with van der Waals surface area (Å²) in [4.78, 5) is 35.6. The van der Waals surface area contributed by atoms with Crippen molar-refractivity contribution < 1.29 is 24.2 Å². The van der Waals surface area contributed by atoms with E-state index in [-0.39, 0.29) is 23.9 Å². The molecule has 1 saturated heterocycles. The first-order chi connectivity index (χ1) is 15.4. The largest absolute Gasteiger partial charge is 0.508 e. The Morgan fingerprint density at radius 2 is 1.97 bits per heavy atom. The third kappa shape index (κ3) is 5.22. The van der Waals surface area contributed by atoms with Crippen LogP contribution < -0.4 is 10.5 Å². The number of phenolic OH excluding ortho intramolecular Hbond substituents is 1. The van der Waals surface area contributed by atoms with Gasteiger partial charge in [-0.3, -0.25) is 9.78 Å². The lowest BCUT2D eigenvalue weighted by Crippen LogP contribution is -2.46. The Hall–Kier alpha value is -3.90. The number of likely N-dealkylation sites (tertiary alicyclic amines) is 1. The van der Waals surface area contributed by atoms with Crippen molar-refractivity contribution in [2.75, 3.05) is 18.9 Å². The molecule has 1 atom stereocenters. The van der Waals surface area contributed by atoms with Crippen molar-refractivity contribution in [2.24, 2.45) is 0 Å². The lowest BCUT2D eigenvalue weighted by Gasteiger charge is -2.35. The molecule has 1 unspecified atom stereocenters. The van der Waals surface area contributed by atoms with Crippen LogP contribution in [0.15, 0.2) is 48.5 Å². The summed E-state index contributed by atoms with van der Waals surface area (Å²) in [5.41, 5.74) is 9.02. The number of rotatable bonds is 4. The van der Waals surface area contributed by atoms with Gasteiger partial charge in [0.15, 0.2) is 0 Å². The number of amides is 1. The molecule has 8 heteroatoms. The molecule has 0 spiro atoms. The maximum Gasteiger partial charge on any atom is 0.373 e. The number of anilines is 1. The van der Waals surface area contributed by atoms with Crippen LogP contribution in [0.25, 0.3) is 10.9 Å². The van der Waals surface area contributed by atoms with E-state index in [4.69, 9.17) is 20.1 Å². The molecule has 1 aliphatic rings. The van der Waals surface area contributed by atoms with Crippen molar-refractivity contribution in [1.29, 1.82) is 0 Å². The van der Waals surface area contributed by atoms with Gasteiger partial charge in [-0.1, -0.05) is 12.1 Å². The number of pyridine rings is 1. The summed E-state index contributed by atoms with van der Waals surface area (Å²) in [6.45, 7) is 2.98. The normalized spacial score (nSPS) is 15.4. The van der Waals surface area contributed by atoms with E-state index in [9.17, 15) is 9.90 Å². The fourth-order valence-electron chi connectivity index (χ4n) is 3.97. The van der Waals surface area contributed by atoms with Gasteiger partial charge in [0.25, 0.3) is 5.91 Å². The maximum absolute atomic E-state index is 13.0. The van der Waals surface area contributed by atoms with Crippen molar-refractivity contribution in [3.63, 3.8) is 0 Å². The van der Waals surface area contributed by atoms with Gasteiger partial charge >= 0.3 is 6.15 Å². The predicted molar refractivity (Wildman–Crippen MR) is 118 cm³/mol. The number of aryl methyl sites for hydroxylation is 1. The minimum absolute atomic E-state index is 0.0338. The fraction of sp³-hybridized carbons (Fsp3) is 0.292. The van der Waals surface area contributed by atoms with Crippen LogP contribution in [0, 0.1) is 6.92 Å². The van der Waals surface area contributed by atoms with Crippen LogP contribution >= 0.6 is 0 Å². The van der Waals surface area contributed by atoms with E-state index in [1.54, 1.807) is 18.2 Å². The lowest BCUT2D eigenvalue weighted by molar-refractivity contribution is -0.191. The molecule has 3 aromatic rings. The molecule has 0 aliphatic carbocycles. The van der Waals surface area contributed by atoms with Crippen molar-refractivity contribution in [2.45, 2.75) is 32.2 Å². The van der Waals surface area contributed by atoms with Gasteiger partial charge in [0.05, 0.1) is 16.9 Å². The monoisotopic (exact) mass is 435 g/mol. The summed E-state index contributed by atoms with van der Waals surface area (Å²) < 4.78 is 6.16. The quantitative estimate of drug-likeness (QED) is 0.644. The standard InChI is InChI=1S/C23H25N3O3.CO2/c1-15-12-19(24)22-20(25-15)9-5-10-21(22)29-14-17-7-2-3-11-26(17)23(28)16-6-4-8-18(27)13-16;2-1-3/h4-6,8-10,12-13,17,27H,2-3,7,11,14H2,1H3,(H2,24,25);. The van der Waals surface area contributed by atoms with E-state index in [0.717, 1.165) is 35.9 Å². The van der Waals surface area contributed by atoms with Crippen LogP contribution in [0.4, 0.5) is 5.69 Å². The number of nitrogen functional groups attached to an aromatic ring is 1. The van der Waals surface area contributed by atoms with Crippen molar-refractivity contribution >= 4 is 28.6 Å². The zero-order chi connectivity index (χ0) is 23.1. The van der Waals surface area contributed by atoms with Crippen molar-refractivity contribution in [1.82, 2.24) is 9.88 Å². The number of aromatic nitrogens is 1. The van der Waals surface area contributed by atoms with Crippen LogP contribution in [0.5, 0.6) is 11.5 Å². The highest BCUT2D eigenvalue weighted by molar-refractivity contribution is 5.96. The first-order valence-corrected chi connectivity index (χ1v) is 10.3. The van der Waals surface area contributed by atoms with E-state index in [1.165, 1.54) is 6.07 Å². The number of hydrogen-bond acceptors (Lipinski definition) is 7. The first-order valence-electron chi connectivity index (χ1n) is 10.3. The second-order valence-electron chi connectivity index (χ2n) is 7.60. The zero-order valence-electron chi connectivity index (χ0n) is 17.8. The summed E-state index contributed by atoms with van der Waals surface area (Å²) in [7, 11) is 0. The van der Waals surface area contributed by atoms with Crippen LogP contribution in [0.2, 0.25) is 0 Å². The third-order valence-corrected chi connectivity index (χ3v) is 5.37. The summed E-state index contributed by atoms with van der Waals surface area (Å²) in [6.07, 6.45) is 3.14. The molecule has 166 valence electrons. The Bertz CT molecular complexity index is 1140. The third-order valence-electron chi connectivity index (χ3n) is 5.37. The number of carbonyl (C=O) groups excluding carboxylic acids is 3. The minimum Gasteiger partial charge on any atom is -0.508 e. The van der Waals surface area contributed by atoms with Gasteiger partial charge in [-0.2, -0.15) is 9.59 Å². The molecular weight excluding hydrogens is 410 g/mol. The molecule has 2 heterocycles. The molecule has 1 aromatic heterocycles. The number of ether oxygens (including phenoxy) is 1. The van der Waals surface area contributed by atoms with Gasteiger partial charge in [0.2, 0.25) is 0 Å². The lowest BCUT2D eigenvalue weighted by atomic mass is 10.0. The molecule has 1 amide bonds. The van der Waals surface area contributed by atoms with Crippen molar-refractivity contribution in [3.05, 3.63) is 59.8 Å². The van der Waals surface area contributed by atoms with Gasteiger partial charge in [0.1, 0.15) is 18.1 Å². The Kier molecular flexibility index (Phi) is 7.41. The Morgan fingerprint density at radius 3 is 2.72 bits per heavy atom. The van der Waals surface area contributed by atoms with E-state index >= 15 is 0 Å².